The number of ether oxygens (including phenoxy) is 1. The van der Waals surface area contributed by atoms with Gasteiger partial charge in [-0.25, -0.2) is 0 Å². The molecule has 2 heteroatoms. The Balaban J connectivity index is 2.29. The van der Waals surface area contributed by atoms with Gasteiger partial charge in [-0.05, 0) is 43.1 Å². The van der Waals surface area contributed by atoms with Crippen LogP contribution in [0.15, 0.2) is 24.3 Å². The van der Waals surface area contributed by atoms with Gasteiger partial charge in [-0.2, -0.15) is 0 Å². The van der Waals surface area contributed by atoms with E-state index in [9.17, 15) is 5.11 Å². The molecule has 3 unspecified atom stereocenters. The van der Waals surface area contributed by atoms with Gasteiger partial charge in [0.25, 0.3) is 0 Å². The van der Waals surface area contributed by atoms with Gasteiger partial charge in [-0.3, -0.25) is 0 Å². The molecule has 1 aliphatic rings. The molecule has 0 spiro atoms. The van der Waals surface area contributed by atoms with Crippen LogP contribution in [0.3, 0.4) is 0 Å². The minimum Gasteiger partial charge on any atom is -0.494 e. The molecule has 1 fully saturated rings. The fourth-order valence-electron chi connectivity index (χ4n) is 3.67. The van der Waals surface area contributed by atoms with Crippen molar-refractivity contribution in [1.82, 2.24) is 0 Å². The van der Waals surface area contributed by atoms with Crippen molar-refractivity contribution in [2.75, 3.05) is 6.61 Å². The summed E-state index contributed by atoms with van der Waals surface area (Å²) in [5.41, 5.74) is 1.16. The van der Waals surface area contributed by atoms with Crippen LogP contribution in [0.25, 0.3) is 0 Å². The van der Waals surface area contributed by atoms with Gasteiger partial charge in [0.1, 0.15) is 5.75 Å². The molecule has 1 aliphatic carbocycles. The minimum absolute atomic E-state index is 0.0642. The van der Waals surface area contributed by atoms with Crippen LogP contribution in [0.1, 0.15) is 52.5 Å². The van der Waals surface area contributed by atoms with E-state index in [1.807, 2.05) is 19.1 Å². The molecule has 20 heavy (non-hydrogen) atoms. The van der Waals surface area contributed by atoms with Crippen molar-refractivity contribution in [3.05, 3.63) is 29.8 Å². The lowest BCUT2D eigenvalue weighted by atomic mass is 9.64. The third-order valence-corrected chi connectivity index (χ3v) is 4.89. The van der Waals surface area contributed by atoms with Gasteiger partial charge in [0.05, 0.1) is 12.7 Å². The highest BCUT2D eigenvalue weighted by Crippen LogP contribution is 2.45. The van der Waals surface area contributed by atoms with E-state index in [0.29, 0.717) is 18.4 Å². The average molecular weight is 276 g/mol. The number of aliphatic hydroxyl groups excluding tert-OH is 1. The summed E-state index contributed by atoms with van der Waals surface area (Å²) in [6.07, 6.45) is 3.02. The molecule has 0 aliphatic heterocycles. The van der Waals surface area contributed by atoms with Crippen molar-refractivity contribution in [2.24, 2.45) is 11.8 Å². The van der Waals surface area contributed by atoms with Gasteiger partial charge in [-0.1, -0.05) is 45.4 Å². The number of aliphatic hydroxyl groups is 1. The van der Waals surface area contributed by atoms with Crippen molar-refractivity contribution < 1.29 is 9.84 Å². The first-order valence-electron chi connectivity index (χ1n) is 7.87. The quantitative estimate of drug-likeness (QED) is 0.894. The Morgan fingerprint density at radius 1 is 1.25 bits per heavy atom. The summed E-state index contributed by atoms with van der Waals surface area (Å²) in [5.74, 6) is 1.91. The molecule has 1 N–H and O–H groups in total. The normalized spacial score (nSPS) is 27.4. The second kappa shape index (κ2) is 6.17. The maximum Gasteiger partial charge on any atom is 0.123 e. The van der Waals surface area contributed by atoms with E-state index in [4.69, 9.17) is 4.74 Å². The first-order chi connectivity index (χ1) is 9.46. The van der Waals surface area contributed by atoms with Crippen LogP contribution in [0, 0.1) is 11.8 Å². The number of benzene rings is 1. The molecule has 0 heterocycles. The second-order valence-electron chi connectivity index (χ2n) is 6.74. The molecule has 3 atom stereocenters. The zero-order valence-corrected chi connectivity index (χ0v) is 13.2. The van der Waals surface area contributed by atoms with Crippen molar-refractivity contribution in [2.45, 2.75) is 58.5 Å². The van der Waals surface area contributed by atoms with Crippen molar-refractivity contribution in [3.8, 4) is 5.75 Å². The predicted molar refractivity (Wildman–Crippen MR) is 83.1 cm³/mol. The number of hydrogen-bond acceptors (Lipinski definition) is 2. The highest BCUT2D eigenvalue weighted by Gasteiger charge is 2.40. The zero-order valence-electron chi connectivity index (χ0n) is 13.2. The molecule has 0 radical (unpaired) electrons. The Kier molecular flexibility index (Phi) is 4.74. The van der Waals surface area contributed by atoms with Crippen LogP contribution in [0.4, 0.5) is 0 Å². The first kappa shape index (κ1) is 15.4. The van der Waals surface area contributed by atoms with Crippen LogP contribution in [0.5, 0.6) is 5.75 Å². The van der Waals surface area contributed by atoms with Crippen molar-refractivity contribution >= 4 is 0 Å². The molecule has 1 saturated carbocycles. The van der Waals surface area contributed by atoms with Crippen LogP contribution >= 0.6 is 0 Å². The standard InChI is InChI=1S/C18H28O2/c1-5-20-17-9-7-6-8-15(17)18(3,4)14-11-10-13(2)12-16(14)19/h6-9,13-14,16,19H,5,10-12H2,1-4H3. The van der Waals surface area contributed by atoms with Gasteiger partial charge in [0, 0.05) is 5.56 Å². The lowest BCUT2D eigenvalue weighted by molar-refractivity contribution is 0.0137. The second-order valence-corrected chi connectivity index (χ2v) is 6.74. The molecule has 0 aromatic heterocycles. The molecule has 0 bridgehead atoms. The topological polar surface area (TPSA) is 29.5 Å². The zero-order chi connectivity index (χ0) is 14.8. The SMILES string of the molecule is CCOc1ccccc1C(C)(C)C1CCC(C)CC1O. The average Bonchev–Trinajstić information content (AvgIpc) is 2.39. The van der Waals surface area contributed by atoms with Crippen LogP contribution in [0.2, 0.25) is 0 Å². The largest absolute Gasteiger partial charge is 0.494 e. The van der Waals surface area contributed by atoms with Gasteiger partial charge >= 0.3 is 0 Å². The van der Waals surface area contributed by atoms with E-state index in [2.05, 4.69) is 32.9 Å². The number of rotatable bonds is 4. The predicted octanol–water partition coefficient (Wildman–Crippen LogP) is 4.16. The highest BCUT2D eigenvalue weighted by molar-refractivity contribution is 5.39. The molecular formula is C18H28O2. The minimum atomic E-state index is -0.205. The fourth-order valence-corrected chi connectivity index (χ4v) is 3.67. The van der Waals surface area contributed by atoms with E-state index < -0.39 is 0 Å². The molecular weight excluding hydrogens is 248 g/mol. The van der Waals surface area contributed by atoms with Crippen molar-refractivity contribution in [3.63, 3.8) is 0 Å². The Bertz CT molecular complexity index is 439. The lowest BCUT2D eigenvalue weighted by Crippen LogP contribution is -2.41. The molecule has 0 amide bonds. The highest BCUT2D eigenvalue weighted by atomic mass is 16.5. The Hall–Kier alpha value is -1.02. The lowest BCUT2D eigenvalue weighted by Gasteiger charge is -2.42. The molecule has 0 saturated heterocycles. The smallest absolute Gasteiger partial charge is 0.123 e. The van der Waals surface area contributed by atoms with Gasteiger partial charge in [0.2, 0.25) is 0 Å². The Labute approximate surface area is 123 Å². The van der Waals surface area contributed by atoms with Gasteiger partial charge in [-0.15, -0.1) is 0 Å². The van der Waals surface area contributed by atoms with E-state index >= 15 is 0 Å². The van der Waals surface area contributed by atoms with E-state index in [0.717, 1.165) is 18.6 Å². The summed E-state index contributed by atoms with van der Waals surface area (Å²) >= 11 is 0. The molecule has 1 aromatic carbocycles. The summed E-state index contributed by atoms with van der Waals surface area (Å²) in [7, 11) is 0. The molecule has 1 aromatic rings. The molecule has 2 rings (SSSR count). The van der Waals surface area contributed by atoms with E-state index in [-0.39, 0.29) is 11.5 Å². The maximum absolute atomic E-state index is 10.5. The summed E-state index contributed by atoms with van der Waals surface area (Å²) in [6, 6.07) is 8.27. The third kappa shape index (κ3) is 3.01. The van der Waals surface area contributed by atoms with Gasteiger partial charge in [0.15, 0.2) is 0 Å². The maximum atomic E-state index is 10.5. The van der Waals surface area contributed by atoms with Crippen molar-refractivity contribution in [1.29, 1.82) is 0 Å². The molecule has 112 valence electrons. The summed E-state index contributed by atoms with van der Waals surface area (Å²) in [5, 5.41) is 10.5. The number of para-hydroxylation sites is 1. The fraction of sp³-hybridized carbons (Fsp3) is 0.667. The van der Waals surface area contributed by atoms with E-state index in [1.165, 1.54) is 12.0 Å². The third-order valence-electron chi connectivity index (χ3n) is 4.89. The van der Waals surface area contributed by atoms with Crippen LogP contribution < -0.4 is 4.74 Å². The van der Waals surface area contributed by atoms with Crippen LogP contribution in [-0.4, -0.2) is 17.8 Å². The van der Waals surface area contributed by atoms with Crippen LogP contribution in [-0.2, 0) is 5.41 Å². The van der Waals surface area contributed by atoms with E-state index in [1.54, 1.807) is 0 Å². The summed E-state index contributed by atoms with van der Waals surface area (Å²) < 4.78 is 5.79. The first-order valence-corrected chi connectivity index (χ1v) is 7.87. The Morgan fingerprint density at radius 3 is 2.60 bits per heavy atom. The Morgan fingerprint density at radius 2 is 1.95 bits per heavy atom. The summed E-state index contributed by atoms with van der Waals surface area (Å²) in [6.45, 7) is 9.42. The van der Waals surface area contributed by atoms with Gasteiger partial charge < -0.3 is 9.84 Å². The number of hydrogen-bond donors (Lipinski definition) is 1. The molecule has 2 nitrogen and oxygen atoms in total. The summed E-state index contributed by atoms with van der Waals surface area (Å²) in [4.78, 5) is 0. The monoisotopic (exact) mass is 276 g/mol.